The van der Waals surface area contributed by atoms with E-state index in [1.807, 2.05) is 32.7 Å². The second-order valence-corrected chi connectivity index (χ2v) is 10.7. The molecular weight excluding hydrogens is 416 g/mol. The van der Waals surface area contributed by atoms with Crippen LogP contribution >= 0.6 is 0 Å². The van der Waals surface area contributed by atoms with Gasteiger partial charge in [-0.1, -0.05) is 58.0 Å². The Kier molecular flexibility index (Phi) is 5.35. The van der Waals surface area contributed by atoms with Crippen LogP contribution in [0.15, 0.2) is 30.3 Å². The zero-order chi connectivity index (χ0) is 23.4. The molecule has 1 saturated carbocycles. The van der Waals surface area contributed by atoms with Crippen molar-refractivity contribution in [2.45, 2.75) is 47.2 Å². The van der Waals surface area contributed by atoms with Crippen molar-refractivity contribution in [2.24, 2.45) is 16.7 Å². The zero-order valence-corrected chi connectivity index (χ0v) is 20.1. The standard InChI is InChI=1S/C26H34N4O3/c1-25(2)22(26(25,3)4)24(32)29-11-10-20-19(17-29)21(23(31)28-12-14-33-15-13-28)27-30(20)16-18-8-6-5-7-9-18/h5-9,22H,10-17H2,1-4H3. The van der Waals surface area contributed by atoms with Gasteiger partial charge in [0.05, 0.1) is 19.8 Å². The van der Waals surface area contributed by atoms with Gasteiger partial charge in [-0.25, -0.2) is 0 Å². The Morgan fingerprint density at radius 3 is 2.30 bits per heavy atom. The van der Waals surface area contributed by atoms with Gasteiger partial charge in [0, 0.05) is 49.8 Å². The highest BCUT2D eigenvalue weighted by atomic mass is 16.5. The average Bonchev–Trinajstić information content (AvgIpc) is 3.06. The molecule has 0 atom stereocenters. The van der Waals surface area contributed by atoms with Gasteiger partial charge >= 0.3 is 0 Å². The van der Waals surface area contributed by atoms with E-state index in [2.05, 4.69) is 39.8 Å². The number of carbonyl (C=O) groups excluding carboxylic acids is 2. The Morgan fingerprint density at radius 2 is 1.67 bits per heavy atom. The van der Waals surface area contributed by atoms with Gasteiger partial charge in [-0.15, -0.1) is 0 Å². The van der Waals surface area contributed by atoms with Gasteiger partial charge in [0.25, 0.3) is 5.91 Å². The predicted molar refractivity (Wildman–Crippen MR) is 125 cm³/mol. The fourth-order valence-electron chi connectivity index (χ4n) is 5.65. The summed E-state index contributed by atoms with van der Waals surface area (Å²) in [6.07, 6.45) is 0.713. The summed E-state index contributed by atoms with van der Waals surface area (Å²) in [5.41, 5.74) is 3.62. The molecule has 1 aromatic carbocycles. The van der Waals surface area contributed by atoms with Crippen molar-refractivity contribution >= 4 is 11.8 Å². The van der Waals surface area contributed by atoms with Crippen molar-refractivity contribution < 1.29 is 14.3 Å². The Hall–Kier alpha value is -2.67. The van der Waals surface area contributed by atoms with E-state index in [4.69, 9.17) is 9.84 Å². The minimum atomic E-state index is -0.0530. The fraction of sp³-hybridized carbons (Fsp3) is 0.577. The molecule has 0 unspecified atom stereocenters. The van der Waals surface area contributed by atoms with E-state index in [1.54, 1.807) is 0 Å². The normalized spacial score (nSPS) is 21.6. The van der Waals surface area contributed by atoms with E-state index in [0.29, 0.717) is 58.1 Å². The van der Waals surface area contributed by atoms with Crippen LogP contribution in [0.2, 0.25) is 0 Å². The fourth-order valence-corrected chi connectivity index (χ4v) is 5.65. The van der Waals surface area contributed by atoms with E-state index in [9.17, 15) is 9.59 Å². The Balaban J connectivity index is 1.46. The predicted octanol–water partition coefficient (Wildman–Crippen LogP) is 2.97. The highest BCUT2D eigenvalue weighted by molar-refractivity contribution is 5.94. The number of morpholine rings is 1. The largest absolute Gasteiger partial charge is 0.378 e. The van der Waals surface area contributed by atoms with E-state index >= 15 is 0 Å². The lowest BCUT2D eigenvalue weighted by Gasteiger charge is -2.30. The third-order valence-electron chi connectivity index (χ3n) is 8.39. The van der Waals surface area contributed by atoms with Gasteiger partial charge in [-0.3, -0.25) is 14.3 Å². The lowest BCUT2D eigenvalue weighted by atomic mass is 10.0. The molecule has 33 heavy (non-hydrogen) atoms. The van der Waals surface area contributed by atoms with Crippen molar-refractivity contribution in [3.8, 4) is 0 Å². The molecule has 176 valence electrons. The Labute approximate surface area is 195 Å². The molecular formula is C26H34N4O3. The molecule has 3 heterocycles. The number of hydrogen-bond donors (Lipinski definition) is 0. The number of fused-ring (bicyclic) bond motifs is 1. The van der Waals surface area contributed by atoms with Crippen LogP contribution < -0.4 is 0 Å². The molecule has 1 aliphatic carbocycles. The molecule has 1 aromatic heterocycles. The summed E-state index contributed by atoms with van der Waals surface area (Å²) in [7, 11) is 0. The van der Waals surface area contributed by atoms with Gasteiger partial charge in [-0.05, 0) is 16.4 Å². The number of amides is 2. The number of hydrogen-bond acceptors (Lipinski definition) is 4. The van der Waals surface area contributed by atoms with Crippen LogP contribution in [-0.2, 0) is 29.0 Å². The molecule has 2 aromatic rings. The van der Waals surface area contributed by atoms with Gasteiger partial charge in [-0.2, -0.15) is 5.10 Å². The Bertz CT molecular complexity index is 1050. The van der Waals surface area contributed by atoms with E-state index in [-0.39, 0.29) is 28.6 Å². The molecule has 2 fully saturated rings. The van der Waals surface area contributed by atoms with Gasteiger partial charge in [0.1, 0.15) is 0 Å². The molecule has 2 aliphatic heterocycles. The van der Waals surface area contributed by atoms with Crippen LogP contribution in [0.1, 0.15) is 55.0 Å². The van der Waals surface area contributed by atoms with Crippen LogP contribution in [0, 0.1) is 16.7 Å². The molecule has 2 amide bonds. The summed E-state index contributed by atoms with van der Waals surface area (Å²) < 4.78 is 7.41. The minimum absolute atomic E-state index is 0.00565. The first-order valence-corrected chi connectivity index (χ1v) is 12.0. The second kappa shape index (κ2) is 7.97. The summed E-state index contributed by atoms with van der Waals surface area (Å²) in [4.78, 5) is 30.7. The van der Waals surface area contributed by atoms with E-state index < -0.39 is 0 Å². The molecule has 0 bridgehead atoms. The van der Waals surface area contributed by atoms with Crippen molar-refractivity contribution in [3.05, 3.63) is 52.8 Å². The third-order valence-corrected chi connectivity index (χ3v) is 8.39. The summed E-state index contributed by atoms with van der Waals surface area (Å²) in [5.74, 6) is 0.170. The lowest BCUT2D eigenvalue weighted by Crippen LogP contribution is -2.42. The average molecular weight is 451 g/mol. The van der Waals surface area contributed by atoms with Crippen molar-refractivity contribution in [1.82, 2.24) is 19.6 Å². The van der Waals surface area contributed by atoms with Crippen molar-refractivity contribution in [2.75, 3.05) is 32.8 Å². The summed E-state index contributed by atoms with van der Waals surface area (Å²) >= 11 is 0. The van der Waals surface area contributed by atoms with E-state index in [0.717, 1.165) is 16.8 Å². The minimum Gasteiger partial charge on any atom is -0.378 e. The van der Waals surface area contributed by atoms with Crippen LogP contribution in [0.25, 0.3) is 0 Å². The smallest absolute Gasteiger partial charge is 0.274 e. The maximum atomic E-state index is 13.5. The van der Waals surface area contributed by atoms with Gasteiger partial charge in [0.15, 0.2) is 5.69 Å². The molecule has 0 N–H and O–H groups in total. The molecule has 7 nitrogen and oxygen atoms in total. The number of aromatic nitrogens is 2. The monoisotopic (exact) mass is 450 g/mol. The third kappa shape index (κ3) is 3.66. The number of benzene rings is 1. The van der Waals surface area contributed by atoms with Crippen molar-refractivity contribution in [3.63, 3.8) is 0 Å². The zero-order valence-electron chi connectivity index (χ0n) is 20.1. The highest BCUT2D eigenvalue weighted by Gasteiger charge is 2.68. The maximum Gasteiger partial charge on any atom is 0.274 e. The molecule has 0 radical (unpaired) electrons. The highest BCUT2D eigenvalue weighted by Crippen LogP contribution is 2.68. The van der Waals surface area contributed by atoms with Crippen molar-refractivity contribution in [1.29, 1.82) is 0 Å². The van der Waals surface area contributed by atoms with E-state index in [1.165, 1.54) is 0 Å². The van der Waals surface area contributed by atoms with Crippen LogP contribution in [-0.4, -0.2) is 64.2 Å². The number of carbonyl (C=O) groups is 2. The SMILES string of the molecule is CC1(C)C(C(=O)N2CCc3c(c(C(=O)N4CCOCC4)nn3Cc3ccccc3)C2)C1(C)C. The van der Waals surface area contributed by atoms with Gasteiger partial charge < -0.3 is 14.5 Å². The van der Waals surface area contributed by atoms with Crippen LogP contribution in [0.4, 0.5) is 0 Å². The summed E-state index contributed by atoms with van der Waals surface area (Å²) in [6.45, 7) is 12.7. The topological polar surface area (TPSA) is 67.7 Å². The second-order valence-electron chi connectivity index (χ2n) is 10.7. The number of ether oxygens (including phenoxy) is 1. The Morgan fingerprint density at radius 1 is 1.00 bits per heavy atom. The number of nitrogens with zero attached hydrogens (tertiary/aromatic N) is 4. The first-order valence-electron chi connectivity index (χ1n) is 12.0. The molecule has 1 saturated heterocycles. The maximum absolute atomic E-state index is 13.5. The molecule has 0 spiro atoms. The van der Waals surface area contributed by atoms with Crippen LogP contribution in [0.3, 0.4) is 0 Å². The summed E-state index contributed by atoms with van der Waals surface area (Å²) in [6, 6.07) is 10.2. The number of rotatable bonds is 4. The molecule has 3 aliphatic rings. The first kappa shape index (κ1) is 22.1. The van der Waals surface area contributed by atoms with Gasteiger partial charge in [0.2, 0.25) is 5.91 Å². The molecule has 7 heteroatoms. The quantitative estimate of drug-likeness (QED) is 0.718. The lowest BCUT2D eigenvalue weighted by molar-refractivity contribution is -0.134. The van der Waals surface area contributed by atoms with Crippen LogP contribution in [0.5, 0.6) is 0 Å². The first-order chi connectivity index (χ1) is 15.7. The molecule has 5 rings (SSSR count). The summed E-state index contributed by atoms with van der Waals surface area (Å²) in [5, 5.41) is 4.82.